The molecule has 0 radical (unpaired) electrons. The van der Waals surface area contributed by atoms with Crippen LogP contribution in [0.4, 0.5) is 0 Å². The van der Waals surface area contributed by atoms with Crippen molar-refractivity contribution in [2.45, 2.75) is 6.92 Å². The largest absolute Gasteiger partial charge is 0.297 e. The van der Waals surface area contributed by atoms with Crippen molar-refractivity contribution in [3.63, 3.8) is 0 Å². The van der Waals surface area contributed by atoms with Gasteiger partial charge in [0.05, 0.1) is 6.54 Å². The molecule has 6 heavy (non-hydrogen) atoms. The molecule has 0 N–H and O–H groups in total. The van der Waals surface area contributed by atoms with Gasteiger partial charge in [0.1, 0.15) is 0 Å². The Labute approximate surface area is 43.0 Å². The fraction of sp³-hybridized carbons (Fsp3) is 0.750. The predicted octanol–water partition coefficient (Wildman–Crippen LogP) is 1.32. The first kappa shape index (κ1) is 5.96. The molecule has 36 valence electrons. The van der Waals surface area contributed by atoms with E-state index in [4.69, 9.17) is 11.6 Å². The highest BCUT2D eigenvalue weighted by Gasteiger charge is 1.67. The normalized spacial score (nSPS) is 10.3. The molecule has 0 aliphatic heterocycles. The van der Waals surface area contributed by atoms with Gasteiger partial charge in [-0.3, -0.25) is 4.99 Å². The maximum absolute atomic E-state index is 5.27. The van der Waals surface area contributed by atoms with Gasteiger partial charge in [0.25, 0.3) is 0 Å². The van der Waals surface area contributed by atoms with E-state index < -0.39 is 0 Å². The van der Waals surface area contributed by atoms with E-state index in [1.54, 1.807) is 6.21 Å². The van der Waals surface area contributed by atoms with Crippen LogP contribution in [0.2, 0.25) is 0 Å². The molecule has 0 heterocycles. The first-order chi connectivity index (χ1) is 2.91. The maximum Gasteiger partial charge on any atom is 0.0521 e. The monoisotopic (exact) mass is 105 g/mol. The van der Waals surface area contributed by atoms with Crippen LogP contribution in [-0.4, -0.2) is 18.6 Å². The third kappa shape index (κ3) is 3.96. The summed E-state index contributed by atoms with van der Waals surface area (Å²) in [7, 11) is 0. The van der Waals surface area contributed by atoms with E-state index in [-0.39, 0.29) is 0 Å². The molecule has 0 atom stereocenters. The minimum absolute atomic E-state index is 0.629. The Morgan fingerprint density at radius 1 is 1.83 bits per heavy atom. The molecule has 0 spiro atoms. The van der Waals surface area contributed by atoms with E-state index in [9.17, 15) is 0 Å². The number of hydrogen-bond acceptors (Lipinski definition) is 1. The van der Waals surface area contributed by atoms with Gasteiger partial charge in [0, 0.05) is 5.88 Å². The summed E-state index contributed by atoms with van der Waals surface area (Å²) >= 11 is 5.27. The van der Waals surface area contributed by atoms with Gasteiger partial charge < -0.3 is 0 Å². The van der Waals surface area contributed by atoms with Gasteiger partial charge in [-0.2, -0.15) is 0 Å². The van der Waals surface area contributed by atoms with E-state index in [2.05, 4.69) is 4.99 Å². The van der Waals surface area contributed by atoms with Crippen LogP contribution in [0, 0.1) is 0 Å². The van der Waals surface area contributed by atoms with Gasteiger partial charge in [0.2, 0.25) is 0 Å². The predicted molar refractivity (Wildman–Crippen MR) is 29.8 cm³/mol. The zero-order valence-electron chi connectivity index (χ0n) is 3.82. The number of halogens is 1. The van der Waals surface area contributed by atoms with Crippen molar-refractivity contribution in [2.24, 2.45) is 4.99 Å². The lowest BCUT2D eigenvalue weighted by atomic mass is 10.7. The molecule has 0 aromatic rings. The summed E-state index contributed by atoms with van der Waals surface area (Å²) in [4.78, 5) is 3.83. The molecular formula is C4H8ClN. The molecule has 0 fully saturated rings. The smallest absolute Gasteiger partial charge is 0.0521 e. The molecule has 0 aromatic carbocycles. The van der Waals surface area contributed by atoms with Crippen LogP contribution in [0.1, 0.15) is 6.92 Å². The Bertz CT molecular complexity index is 42.8. The van der Waals surface area contributed by atoms with Crippen LogP contribution in [0.25, 0.3) is 0 Å². The zero-order chi connectivity index (χ0) is 4.83. The molecule has 2 heteroatoms. The minimum Gasteiger partial charge on any atom is -0.297 e. The molecular weight excluding hydrogens is 97.5 g/mol. The van der Waals surface area contributed by atoms with Crippen molar-refractivity contribution < 1.29 is 0 Å². The standard InChI is InChI=1S/C4H8ClN/c1-2-6-4-3-5/h2H,3-4H2,1H3. The molecule has 0 unspecified atom stereocenters. The van der Waals surface area contributed by atoms with E-state index in [1.807, 2.05) is 6.92 Å². The van der Waals surface area contributed by atoms with Crippen molar-refractivity contribution in [1.82, 2.24) is 0 Å². The molecule has 0 rings (SSSR count). The lowest BCUT2D eigenvalue weighted by Crippen LogP contribution is -1.77. The van der Waals surface area contributed by atoms with Crippen molar-refractivity contribution in [3.8, 4) is 0 Å². The van der Waals surface area contributed by atoms with Crippen LogP contribution in [-0.2, 0) is 0 Å². The first-order valence-corrected chi connectivity index (χ1v) is 2.45. The van der Waals surface area contributed by atoms with Gasteiger partial charge in [-0.15, -0.1) is 11.6 Å². The molecule has 0 aliphatic rings. The second-order valence-corrected chi connectivity index (χ2v) is 1.23. The molecule has 1 nitrogen and oxygen atoms in total. The molecule has 0 aliphatic carbocycles. The van der Waals surface area contributed by atoms with Crippen molar-refractivity contribution in [1.29, 1.82) is 0 Å². The van der Waals surface area contributed by atoms with Crippen molar-refractivity contribution in [3.05, 3.63) is 0 Å². The summed E-state index contributed by atoms with van der Waals surface area (Å²) < 4.78 is 0. The van der Waals surface area contributed by atoms with E-state index in [0.29, 0.717) is 5.88 Å². The lowest BCUT2D eigenvalue weighted by molar-refractivity contribution is 1.15. The second-order valence-electron chi connectivity index (χ2n) is 0.853. The highest BCUT2D eigenvalue weighted by molar-refractivity contribution is 6.18. The highest BCUT2D eigenvalue weighted by Crippen LogP contribution is 1.72. The van der Waals surface area contributed by atoms with Gasteiger partial charge in [-0.1, -0.05) is 0 Å². The fourth-order valence-corrected chi connectivity index (χ4v) is 0.275. The first-order valence-electron chi connectivity index (χ1n) is 1.92. The highest BCUT2D eigenvalue weighted by atomic mass is 35.5. The Balaban J connectivity index is 2.66. The summed E-state index contributed by atoms with van der Waals surface area (Å²) in [5, 5.41) is 0. The Kier molecular flexibility index (Phi) is 4.93. The minimum atomic E-state index is 0.629. The van der Waals surface area contributed by atoms with Gasteiger partial charge >= 0.3 is 0 Å². The topological polar surface area (TPSA) is 12.4 Å². The van der Waals surface area contributed by atoms with Gasteiger partial charge in [-0.25, -0.2) is 0 Å². The van der Waals surface area contributed by atoms with Crippen LogP contribution in [0.15, 0.2) is 4.99 Å². The Morgan fingerprint density at radius 2 is 2.50 bits per heavy atom. The second kappa shape index (κ2) is 4.96. The Morgan fingerprint density at radius 3 is 2.67 bits per heavy atom. The lowest BCUT2D eigenvalue weighted by Gasteiger charge is -1.76. The number of nitrogens with zero attached hydrogens (tertiary/aromatic N) is 1. The zero-order valence-corrected chi connectivity index (χ0v) is 4.57. The van der Waals surface area contributed by atoms with Gasteiger partial charge in [0.15, 0.2) is 0 Å². The summed E-state index contributed by atoms with van der Waals surface area (Å²) in [6.07, 6.45) is 1.75. The summed E-state index contributed by atoms with van der Waals surface area (Å²) in [5.41, 5.74) is 0. The van der Waals surface area contributed by atoms with Gasteiger partial charge in [-0.05, 0) is 13.1 Å². The third-order valence-electron chi connectivity index (χ3n) is 0.396. The van der Waals surface area contributed by atoms with Crippen molar-refractivity contribution in [2.75, 3.05) is 12.4 Å². The van der Waals surface area contributed by atoms with E-state index in [1.165, 1.54) is 0 Å². The Hall–Kier alpha value is -0.0400. The fourth-order valence-electron chi connectivity index (χ4n) is 0.178. The average Bonchev–Trinajstić information content (AvgIpc) is 1.61. The summed E-state index contributed by atoms with van der Waals surface area (Å²) in [6, 6.07) is 0. The van der Waals surface area contributed by atoms with E-state index >= 15 is 0 Å². The molecule has 0 saturated carbocycles. The number of alkyl halides is 1. The molecule has 0 saturated heterocycles. The third-order valence-corrected chi connectivity index (χ3v) is 0.565. The summed E-state index contributed by atoms with van der Waals surface area (Å²) in [5.74, 6) is 0.629. The van der Waals surface area contributed by atoms with Crippen molar-refractivity contribution >= 4 is 17.8 Å². The number of rotatable bonds is 2. The average molecular weight is 106 g/mol. The number of aliphatic imine (C=N–C) groups is 1. The molecule has 0 bridgehead atoms. The van der Waals surface area contributed by atoms with Crippen LogP contribution >= 0.6 is 11.6 Å². The summed E-state index contributed by atoms with van der Waals surface area (Å²) in [6.45, 7) is 2.63. The van der Waals surface area contributed by atoms with Crippen LogP contribution in [0.5, 0.6) is 0 Å². The molecule has 0 amide bonds. The van der Waals surface area contributed by atoms with Crippen LogP contribution in [0.3, 0.4) is 0 Å². The van der Waals surface area contributed by atoms with Crippen LogP contribution < -0.4 is 0 Å². The quantitative estimate of drug-likeness (QED) is 0.371. The number of hydrogen-bond donors (Lipinski definition) is 0. The maximum atomic E-state index is 5.27. The molecule has 0 aromatic heterocycles. The SMILES string of the molecule is CC=NCCCl. The van der Waals surface area contributed by atoms with E-state index in [0.717, 1.165) is 6.54 Å².